The first-order valence-corrected chi connectivity index (χ1v) is 9.91. The molecule has 1 atom stereocenters. The van der Waals surface area contributed by atoms with Gasteiger partial charge in [-0.15, -0.1) is 11.3 Å². The summed E-state index contributed by atoms with van der Waals surface area (Å²) in [7, 11) is 0. The summed E-state index contributed by atoms with van der Waals surface area (Å²) in [5.41, 5.74) is 1.73. The molecule has 0 unspecified atom stereocenters. The standard InChI is InChI=1S/C18H17N3O2S2/c1-10(15(22)19-12-7-8-12)25-18-20-16(23)14-13(9-24-17(14)21-18)11-5-3-2-4-6-11/h2-6,9-10,12H,7-8H2,1H3,(H,19,22)(H,20,21,23)/t10-/m1/s1. The molecular weight excluding hydrogens is 354 g/mol. The Morgan fingerprint density at radius 1 is 1.36 bits per heavy atom. The predicted octanol–water partition coefficient (Wildman–Crippen LogP) is 3.41. The highest BCUT2D eigenvalue weighted by molar-refractivity contribution is 8.00. The monoisotopic (exact) mass is 371 g/mol. The fraction of sp³-hybridized carbons (Fsp3) is 0.278. The van der Waals surface area contributed by atoms with Crippen LogP contribution in [-0.2, 0) is 4.79 Å². The minimum atomic E-state index is -0.297. The molecule has 25 heavy (non-hydrogen) atoms. The van der Waals surface area contributed by atoms with E-state index in [1.165, 1.54) is 23.1 Å². The third-order valence-electron chi connectivity index (χ3n) is 4.09. The molecular formula is C18H17N3O2S2. The molecule has 1 aliphatic rings. The van der Waals surface area contributed by atoms with Crippen LogP contribution in [0, 0.1) is 0 Å². The van der Waals surface area contributed by atoms with Crippen LogP contribution in [-0.4, -0.2) is 27.2 Å². The summed E-state index contributed by atoms with van der Waals surface area (Å²) in [6.07, 6.45) is 2.11. The van der Waals surface area contributed by atoms with Gasteiger partial charge in [0.1, 0.15) is 4.83 Å². The number of carbonyl (C=O) groups excluding carboxylic acids is 1. The Labute approximate surface area is 152 Å². The number of nitrogens with zero attached hydrogens (tertiary/aromatic N) is 1. The van der Waals surface area contributed by atoms with Crippen LogP contribution >= 0.6 is 23.1 Å². The molecule has 5 nitrogen and oxygen atoms in total. The molecule has 1 aliphatic carbocycles. The number of fused-ring (bicyclic) bond motifs is 1. The van der Waals surface area contributed by atoms with E-state index in [0.29, 0.717) is 21.4 Å². The van der Waals surface area contributed by atoms with Gasteiger partial charge in [-0.25, -0.2) is 4.98 Å². The van der Waals surface area contributed by atoms with E-state index >= 15 is 0 Å². The number of H-pyrrole nitrogens is 1. The van der Waals surface area contributed by atoms with Crippen molar-refractivity contribution in [1.29, 1.82) is 0 Å². The lowest BCUT2D eigenvalue weighted by molar-refractivity contribution is -0.120. The molecule has 2 N–H and O–H groups in total. The minimum Gasteiger partial charge on any atom is -0.352 e. The predicted molar refractivity (Wildman–Crippen MR) is 102 cm³/mol. The molecule has 4 rings (SSSR count). The van der Waals surface area contributed by atoms with Crippen LogP contribution in [0.5, 0.6) is 0 Å². The van der Waals surface area contributed by atoms with Gasteiger partial charge in [-0.2, -0.15) is 0 Å². The normalized spacial score (nSPS) is 15.2. The van der Waals surface area contributed by atoms with Gasteiger partial charge in [0.2, 0.25) is 5.91 Å². The Morgan fingerprint density at radius 2 is 2.12 bits per heavy atom. The highest BCUT2D eigenvalue weighted by atomic mass is 32.2. The number of thioether (sulfide) groups is 1. The van der Waals surface area contributed by atoms with Crippen LogP contribution in [0.3, 0.4) is 0 Å². The summed E-state index contributed by atoms with van der Waals surface area (Å²) >= 11 is 2.73. The first-order valence-electron chi connectivity index (χ1n) is 8.16. The molecule has 3 aromatic rings. The topological polar surface area (TPSA) is 74.8 Å². The average molecular weight is 371 g/mol. The van der Waals surface area contributed by atoms with Crippen molar-refractivity contribution in [2.75, 3.05) is 0 Å². The minimum absolute atomic E-state index is 0.00796. The molecule has 7 heteroatoms. The Morgan fingerprint density at radius 3 is 2.84 bits per heavy atom. The van der Waals surface area contributed by atoms with Crippen molar-refractivity contribution in [3.8, 4) is 11.1 Å². The maximum Gasteiger partial charge on any atom is 0.260 e. The molecule has 0 radical (unpaired) electrons. The van der Waals surface area contributed by atoms with Crippen molar-refractivity contribution in [2.45, 2.75) is 36.2 Å². The molecule has 2 aromatic heterocycles. The number of nitrogens with one attached hydrogen (secondary N) is 2. The van der Waals surface area contributed by atoms with E-state index in [9.17, 15) is 9.59 Å². The van der Waals surface area contributed by atoms with Crippen molar-refractivity contribution in [3.05, 3.63) is 46.1 Å². The van der Waals surface area contributed by atoms with E-state index in [1.54, 1.807) is 0 Å². The third-order valence-corrected chi connectivity index (χ3v) is 5.94. The molecule has 128 valence electrons. The van der Waals surface area contributed by atoms with E-state index < -0.39 is 0 Å². The molecule has 0 saturated heterocycles. The quantitative estimate of drug-likeness (QED) is 0.532. The largest absolute Gasteiger partial charge is 0.352 e. The van der Waals surface area contributed by atoms with Crippen LogP contribution < -0.4 is 10.9 Å². The fourth-order valence-corrected chi connectivity index (χ4v) is 4.39. The first kappa shape index (κ1) is 16.4. The second-order valence-corrected chi connectivity index (χ2v) is 8.30. The third kappa shape index (κ3) is 3.48. The zero-order chi connectivity index (χ0) is 17.4. The maximum atomic E-state index is 12.6. The van der Waals surface area contributed by atoms with Gasteiger partial charge in [-0.3, -0.25) is 9.59 Å². The van der Waals surface area contributed by atoms with Gasteiger partial charge in [0.05, 0.1) is 10.6 Å². The lowest BCUT2D eigenvalue weighted by Crippen LogP contribution is -2.32. The lowest BCUT2D eigenvalue weighted by Gasteiger charge is -2.10. The van der Waals surface area contributed by atoms with Crippen LogP contribution in [0.15, 0.2) is 45.7 Å². The molecule has 1 aromatic carbocycles. The van der Waals surface area contributed by atoms with Crippen molar-refractivity contribution in [2.24, 2.45) is 0 Å². The summed E-state index contributed by atoms with van der Waals surface area (Å²) < 4.78 is 0. The molecule has 2 heterocycles. The Balaban J connectivity index is 1.62. The molecule has 1 saturated carbocycles. The van der Waals surface area contributed by atoms with E-state index in [1.807, 2.05) is 42.6 Å². The zero-order valence-electron chi connectivity index (χ0n) is 13.6. The Bertz CT molecular complexity index is 977. The highest BCUT2D eigenvalue weighted by Gasteiger charge is 2.26. The molecule has 1 amide bonds. The van der Waals surface area contributed by atoms with E-state index in [-0.39, 0.29) is 16.7 Å². The van der Waals surface area contributed by atoms with Crippen molar-refractivity contribution in [3.63, 3.8) is 0 Å². The number of hydrogen-bond acceptors (Lipinski definition) is 5. The number of carbonyl (C=O) groups is 1. The van der Waals surface area contributed by atoms with Crippen LogP contribution in [0.1, 0.15) is 19.8 Å². The number of aromatic nitrogens is 2. The number of aromatic amines is 1. The number of amides is 1. The van der Waals surface area contributed by atoms with E-state index in [2.05, 4.69) is 15.3 Å². The molecule has 1 fully saturated rings. The van der Waals surface area contributed by atoms with Crippen molar-refractivity contribution in [1.82, 2.24) is 15.3 Å². The van der Waals surface area contributed by atoms with Crippen molar-refractivity contribution < 1.29 is 4.79 Å². The molecule has 0 bridgehead atoms. The summed E-state index contributed by atoms with van der Waals surface area (Å²) in [6, 6.07) is 10.1. The number of hydrogen-bond donors (Lipinski definition) is 2. The van der Waals surface area contributed by atoms with E-state index in [0.717, 1.165) is 24.0 Å². The van der Waals surface area contributed by atoms with Gasteiger partial charge < -0.3 is 10.3 Å². The number of thiophene rings is 1. The fourth-order valence-electron chi connectivity index (χ4n) is 2.58. The van der Waals surface area contributed by atoms with Gasteiger partial charge in [0.25, 0.3) is 5.56 Å². The SMILES string of the molecule is C[C@@H](Sc1nc2scc(-c3ccccc3)c2c(=O)[nH]1)C(=O)NC1CC1. The smallest absolute Gasteiger partial charge is 0.260 e. The Hall–Kier alpha value is -2.12. The summed E-state index contributed by atoms with van der Waals surface area (Å²) in [6.45, 7) is 1.83. The lowest BCUT2D eigenvalue weighted by atomic mass is 10.1. The van der Waals surface area contributed by atoms with Gasteiger partial charge in [-0.05, 0) is 25.3 Å². The zero-order valence-corrected chi connectivity index (χ0v) is 15.2. The maximum absolute atomic E-state index is 12.6. The number of rotatable bonds is 5. The average Bonchev–Trinajstić information content (AvgIpc) is 3.31. The van der Waals surface area contributed by atoms with Gasteiger partial charge in [0.15, 0.2) is 5.16 Å². The molecule has 0 aliphatic heterocycles. The second-order valence-electron chi connectivity index (χ2n) is 6.11. The summed E-state index contributed by atoms with van der Waals surface area (Å²) in [4.78, 5) is 32.7. The Kier molecular flexibility index (Phi) is 4.35. The van der Waals surface area contributed by atoms with Crippen LogP contribution in [0.25, 0.3) is 21.3 Å². The summed E-state index contributed by atoms with van der Waals surface area (Å²) in [5, 5.41) is 5.73. The first-order chi connectivity index (χ1) is 12.1. The molecule has 0 spiro atoms. The van der Waals surface area contributed by atoms with Crippen LogP contribution in [0.2, 0.25) is 0 Å². The van der Waals surface area contributed by atoms with Gasteiger partial charge in [-0.1, -0.05) is 42.1 Å². The van der Waals surface area contributed by atoms with Crippen LogP contribution in [0.4, 0.5) is 0 Å². The second kappa shape index (κ2) is 6.65. The number of benzene rings is 1. The van der Waals surface area contributed by atoms with Crippen molar-refractivity contribution >= 4 is 39.2 Å². The highest BCUT2D eigenvalue weighted by Crippen LogP contribution is 2.32. The van der Waals surface area contributed by atoms with Gasteiger partial charge in [0, 0.05) is 17.0 Å². The van der Waals surface area contributed by atoms with Gasteiger partial charge >= 0.3 is 0 Å². The summed E-state index contributed by atoms with van der Waals surface area (Å²) in [5.74, 6) is -0.00796. The van der Waals surface area contributed by atoms with E-state index in [4.69, 9.17) is 0 Å².